The summed E-state index contributed by atoms with van der Waals surface area (Å²) in [4.78, 5) is 106. The van der Waals surface area contributed by atoms with E-state index >= 15 is 0 Å². The molecule has 70 heavy (non-hydrogen) atoms. The highest BCUT2D eigenvalue weighted by Crippen LogP contribution is 2.29. The molecule has 2 heterocycles. The van der Waals surface area contributed by atoms with E-state index in [0.717, 1.165) is 35.6 Å². The Kier molecular flexibility index (Phi) is 19.6. The molecule has 8 unspecified atom stereocenters. The largest absolute Gasteiger partial charge is 0.370 e. The Morgan fingerprint density at radius 3 is 1.84 bits per heavy atom. The molecular weight excluding hydrogens is 893 g/mol. The van der Waals surface area contributed by atoms with Crippen LogP contribution < -0.4 is 53.6 Å². The maximum atomic E-state index is 14.0. The van der Waals surface area contributed by atoms with Gasteiger partial charge in [0.2, 0.25) is 47.3 Å². The number of carbonyl (C=O) groups excluding carboxylic acids is 8. The number of hydrogen-bond donors (Lipinski definition) is 10. The van der Waals surface area contributed by atoms with E-state index < -0.39 is 59.8 Å². The third-order valence-electron chi connectivity index (χ3n) is 14.5. The Balaban J connectivity index is 0.996. The Labute approximate surface area is 412 Å². The third kappa shape index (κ3) is 15.2. The maximum Gasteiger partial charge on any atom is 0.226 e. The highest BCUT2D eigenvalue weighted by Gasteiger charge is 2.41. The highest BCUT2D eigenvalue weighted by molar-refractivity contribution is 5.88. The topological polar surface area (TPSA) is 271 Å². The van der Waals surface area contributed by atoms with Crippen LogP contribution in [0, 0.1) is 41.4 Å². The summed E-state index contributed by atoms with van der Waals surface area (Å²) in [7, 11) is 0. The van der Waals surface area contributed by atoms with Crippen molar-refractivity contribution in [2.45, 2.75) is 141 Å². The predicted octanol–water partition coefficient (Wildman–Crippen LogP) is 1.44. The van der Waals surface area contributed by atoms with Crippen LogP contribution in [0.25, 0.3) is 10.8 Å². The molecule has 4 aliphatic rings. The number of benzene rings is 2. The zero-order chi connectivity index (χ0) is 50.5. The monoisotopic (exact) mass is 971 g/mol. The molecule has 2 aromatic carbocycles. The second-order valence-electron chi connectivity index (χ2n) is 21.1. The van der Waals surface area contributed by atoms with Crippen molar-refractivity contribution in [2.75, 3.05) is 32.7 Å². The summed E-state index contributed by atoms with van der Waals surface area (Å²) < 4.78 is 0. The Bertz CT molecular complexity index is 2180. The lowest BCUT2D eigenvalue weighted by Gasteiger charge is -2.28. The number of fused-ring (bicyclic) bond motifs is 1. The first-order valence-electron chi connectivity index (χ1n) is 25.7. The minimum Gasteiger partial charge on any atom is -0.370 e. The molecule has 0 radical (unpaired) electrons. The average molecular weight is 971 g/mol. The van der Waals surface area contributed by atoms with E-state index in [1.165, 1.54) is 6.92 Å². The lowest BCUT2D eigenvalue weighted by Crippen LogP contribution is -2.54. The van der Waals surface area contributed by atoms with E-state index in [0.29, 0.717) is 64.7 Å². The maximum absolute atomic E-state index is 14.0. The summed E-state index contributed by atoms with van der Waals surface area (Å²) in [6.45, 7) is 11.0. The Hall–Kier alpha value is -5.62. The van der Waals surface area contributed by atoms with Gasteiger partial charge in [0, 0.05) is 76.7 Å². The van der Waals surface area contributed by atoms with Gasteiger partial charge in [-0.1, -0.05) is 83.0 Å². The molecular formula is C52H78N10O8. The van der Waals surface area contributed by atoms with Crippen molar-refractivity contribution < 1.29 is 38.4 Å². The van der Waals surface area contributed by atoms with E-state index in [1.54, 1.807) is 0 Å². The number of nitrogens with two attached hydrogens (primary N) is 1. The predicted molar refractivity (Wildman–Crippen MR) is 266 cm³/mol. The normalized spacial score (nSPS) is 25.5. The van der Waals surface area contributed by atoms with Gasteiger partial charge in [-0.25, -0.2) is 0 Å². The molecule has 2 aliphatic carbocycles. The first kappa shape index (κ1) is 53.7. The number of carbonyl (C=O) groups is 8. The first-order chi connectivity index (χ1) is 33.4. The summed E-state index contributed by atoms with van der Waals surface area (Å²) in [5, 5.41) is 29.9. The van der Waals surface area contributed by atoms with E-state index in [2.05, 4.69) is 47.9 Å². The molecule has 6 rings (SSSR count). The van der Waals surface area contributed by atoms with E-state index in [1.807, 2.05) is 70.2 Å². The smallest absolute Gasteiger partial charge is 0.226 e. The lowest BCUT2D eigenvalue weighted by molar-refractivity contribution is -0.130. The van der Waals surface area contributed by atoms with Gasteiger partial charge in [0.05, 0.1) is 41.7 Å². The Morgan fingerprint density at radius 2 is 1.19 bits per heavy atom. The standard InChI is InChI=1S/C52H78N10O8/c1-29(2)19-34(24-56-49(67)38-15-9-18-43(38)60-47(65)23-35(20-30(3)4)58-50(68)39-16-10-17-42(39)57-31(5)63)48(66)61-44-27-55-26-41(44)52(70)62-45-28-54-25-40(45)51(69)59-36(22-46(53)64)21-33-13-8-12-32-11-6-7-14-37(32)33/h6-8,11-14,29-30,34-36,38-45,54-55H,9-10,15-28H2,1-5H3,(H2,53,64)(H,56,67)(H,57,63)(H,58,68)(H,59,69)(H,60,65)(H,61,66)(H,62,70)/t34-,35-,36-,38?,39?,40?,41?,42?,43?,44?,45?/m0/s1. The van der Waals surface area contributed by atoms with E-state index in [9.17, 15) is 38.4 Å². The molecule has 11 N–H and O–H groups in total. The first-order valence-corrected chi connectivity index (χ1v) is 25.7. The molecule has 11 atom stereocenters. The number of hydrogen-bond acceptors (Lipinski definition) is 10. The molecule has 2 saturated carbocycles. The number of primary amides is 1. The number of nitrogens with one attached hydrogen (secondary N) is 9. The van der Waals surface area contributed by atoms with Crippen molar-refractivity contribution in [1.29, 1.82) is 0 Å². The van der Waals surface area contributed by atoms with Crippen molar-refractivity contribution >= 4 is 58.0 Å². The minimum atomic E-state index is -0.615. The van der Waals surface area contributed by atoms with Crippen molar-refractivity contribution in [3.05, 3.63) is 48.0 Å². The van der Waals surface area contributed by atoms with Crippen LogP contribution >= 0.6 is 0 Å². The quantitative estimate of drug-likeness (QED) is 0.0766. The van der Waals surface area contributed by atoms with Crippen LogP contribution in [0.3, 0.4) is 0 Å². The summed E-state index contributed by atoms with van der Waals surface area (Å²) in [6, 6.07) is 11.2. The molecule has 8 amide bonds. The van der Waals surface area contributed by atoms with Gasteiger partial charge in [-0.2, -0.15) is 0 Å². The van der Waals surface area contributed by atoms with E-state index in [-0.39, 0.29) is 84.5 Å². The van der Waals surface area contributed by atoms with Crippen LogP contribution in [0.1, 0.15) is 104 Å². The fourth-order valence-electron chi connectivity index (χ4n) is 11.2. The molecule has 2 saturated heterocycles. The van der Waals surface area contributed by atoms with Crippen molar-refractivity contribution in [3.63, 3.8) is 0 Å². The van der Waals surface area contributed by atoms with E-state index in [4.69, 9.17) is 5.73 Å². The van der Waals surface area contributed by atoms with Gasteiger partial charge in [0.15, 0.2) is 0 Å². The highest BCUT2D eigenvalue weighted by atomic mass is 16.2. The average Bonchev–Trinajstić information content (AvgIpc) is 4.13. The van der Waals surface area contributed by atoms with Crippen LogP contribution in [0.2, 0.25) is 0 Å². The van der Waals surface area contributed by atoms with Crippen molar-refractivity contribution in [2.24, 2.45) is 47.2 Å². The third-order valence-corrected chi connectivity index (χ3v) is 14.5. The van der Waals surface area contributed by atoms with Gasteiger partial charge in [0.25, 0.3) is 0 Å². The molecule has 2 aliphatic heterocycles. The van der Waals surface area contributed by atoms with Crippen LogP contribution in [-0.4, -0.2) is 116 Å². The molecule has 384 valence electrons. The van der Waals surface area contributed by atoms with Gasteiger partial charge in [-0.3, -0.25) is 38.4 Å². The molecule has 0 bridgehead atoms. The van der Waals surface area contributed by atoms with Crippen LogP contribution in [-0.2, 0) is 44.8 Å². The lowest BCUT2D eigenvalue weighted by atomic mass is 9.93. The van der Waals surface area contributed by atoms with Crippen molar-refractivity contribution in [1.82, 2.24) is 47.9 Å². The fraction of sp³-hybridized carbons (Fsp3) is 0.654. The summed E-state index contributed by atoms with van der Waals surface area (Å²) in [5.41, 5.74) is 6.61. The molecule has 18 nitrogen and oxygen atoms in total. The number of rotatable bonds is 23. The summed E-state index contributed by atoms with van der Waals surface area (Å²) in [5.74, 6) is -4.50. The van der Waals surface area contributed by atoms with Crippen LogP contribution in [0.15, 0.2) is 42.5 Å². The SMILES string of the molecule is CC(=O)NC1CCCC1C(=O)N[C@H](CC(=O)NC1CCCC1C(=O)NC[C@H](CC(C)C)C(=O)NC1CNCC1C(=O)NC1CNCC1C(=O)N[C@H](CC(N)=O)Cc1cccc2ccccc12)CC(C)C. The zero-order valence-corrected chi connectivity index (χ0v) is 41.7. The van der Waals surface area contributed by atoms with Crippen molar-refractivity contribution in [3.8, 4) is 0 Å². The van der Waals surface area contributed by atoms with Crippen LogP contribution in [0.4, 0.5) is 0 Å². The van der Waals surface area contributed by atoms with Gasteiger partial charge < -0.3 is 53.6 Å². The molecule has 4 fully saturated rings. The zero-order valence-electron chi connectivity index (χ0n) is 41.7. The van der Waals surface area contributed by atoms with Crippen LogP contribution in [0.5, 0.6) is 0 Å². The van der Waals surface area contributed by atoms with Gasteiger partial charge >= 0.3 is 0 Å². The second-order valence-corrected chi connectivity index (χ2v) is 21.1. The molecule has 0 aromatic heterocycles. The molecule has 18 heteroatoms. The van der Waals surface area contributed by atoms with Gasteiger partial charge in [-0.05, 0) is 73.1 Å². The molecule has 2 aromatic rings. The summed E-state index contributed by atoms with van der Waals surface area (Å²) in [6.07, 6.45) is 5.72. The number of amides is 8. The Morgan fingerprint density at radius 1 is 0.600 bits per heavy atom. The van der Waals surface area contributed by atoms with Gasteiger partial charge in [0.1, 0.15) is 0 Å². The summed E-state index contributed by atoms with van der Waals surface area (Å²) >= 11 is 0. The van der Waals surface area contributed by atoms with Gasteiger partial charge in [-0.15, -0.1) is 0 Å². The fourth-order valence-corrected chi connectivity index (χ4v) is 11.2. The second kappa shape index (κ2) is 25.5. The molecule has 0 spiro atoms. The minimum absolute atomic E-state index is 0.0459.